The molecule has 0 bridgehead atoms. The van der Waals surface area contributed by atoms with Gasteiger partial charge >= 0.3 is 5.97 Å². The van der Waals surface area contributed by atoms with Gasteiger partial charge in [0.2, 0.25) is 0 Å². The minimum absolute atomic E-state index is 0.266. The Morgan fingerprint density at radius 2 is 1.65 bits per heavy atom. The summed E-state index contributed by atoms with van der Waals surface area (Å²) < 4.78 is 0. The van der Waals surface area contributed by atoms with Crippen LogP contribution in [0, 0.1) is 0 Å². The van der Waals surface area contributed by atoms with Crippen LogP contribution < -0.4 is 0 Å². The zero-order valence-corrected chi connectivity index (χ0v) is 16.1. The molecule has 0 saturated carbocycles. The molecule has 0 heterocycles. The van der Waals surface area contributed by atoms with Gasteiger partial charge in [0.25, 0.3) is 0 Å². The SMILES string of the molecule is CCCCCC(O)C(O)C=CC=CC=CCC=CCCCCCC(=O)O. The molecule has 0 aromatic heterocycles. The molecule has 0 fully saturated rings. The Morgan fingerprint density at radius 1 is 0.885 bits per heavy atom. The number of hydrogen-bond donors (Lipinski definition) is 3. The fourth-order valence-electron chi connectivity index (χ4n) is 2.37. The quantitative estimate of drug-likeness (QED) is 0.206. The Kier molecular flexibility index (Phi) is 17.0. The van der Waals surface area contributed by atoms with Crippen molar-refractivity contribution in [1.29, 1.82) is 0 Å². The Bertz CT molecular complexity index is 449. The third-order valence-electron chi connectivity index (χ3n) is 3.98. The largest absolute Gasteiger partial charge is 0.481 e. The molecule has 0 aliphatic rings. The third-order valence-corrected chi connectivity index (χ3v) is 3.98. The van der Waals surface area contributed by atoms with E-state index in [0.29, 0.717) is 6.42 Å². The van der Waals surface area contributed by atoms with E-state index in [1.54, 1.807) is 12.2 Å². The predicted octanol–water partition coefficient (Wildman–Crippen LogP) is 4.94. The molecule has 4 heteroatoms. The highest BCUT2D eigenvalue weighted by molar-refractivity contribution is 5.66. The molecule has 2 atom stereocenters. The van der Waals surface area contributed by atoms with E-state index in [-0.39, 0.29) is 6.42 Å². The van der Waals surface area contributed by atoms with Crippen molar-refractivity contribution in [3.63, 3.8) is 0 Å². The minimum Gasteiger partial charge on any atom is -0.481 e. The van der Waals surface area contributed by atoms with E-state index >= 15 is 0 Å². The number of carboxylic acids is 1. The van der Waals surface area contributed by atoms with Crippen molar-refractivity contribution in [2.24, 2.45) is 0 Å². The summed E-state index contributed by atoms with van der Waals surface area (Å²) in [6.45, 7) is 2.11. The van der Waals surface area contributed by atoms with Crippen LogP contribution in [0.25, 0.3) is 0 Å². The summed E-state index contributed by atoms with van der Waals surface area (Å²) >= 11 is 0. The first-order valence-corrected chi connectivity index (χ1v) is 9.80. The lowest BCUT2D eigenvalue weighted by molar-refractivity contribution is -0.137. The van der Waals surface area contributed by atoms with E-state index in [4.69, 9.17) is 5.11 Å². The molecule has 0 amide bonds. The number of carboxylic acid groups (broad SMARTS) is 1. The number of aliphatic carboxylic acids is 1. The van der Waals surface area contributed by atoms with Gasteiger partial charge < -0.3 is 15.3 Å². The van der Waals surface area contributed by atoms with E-state index in [1.807, 2.05) is 24.3 Å². The van der Waals surface area contributed by atoms with Crippen LogP contribution in [-0.2, 0) is 4.79 Å². The lowest BCUT2D eigenvalue weighted by Crippen LogP contribution is -2.23. The van der Waals surface area contributed by atoms with E-state index in [9.17, 15) is 15.0 Å². The molecule has 0 rings (SSSR count). The molecule has 4 nitrogen and oxygen atoms in total. The monoisotopic (exact) mass is 364 g/mol. The molecule has 0 spiro atoms. The molecule has 26 heavy (non-hydrogen) atoms. The van der Waals surface area contributed by atoms with Crippen molar-refractivity contribution in [2.75, 3.05) is 0 Å². The van der Waals surface area contributed by atoms with Crippen molar-refractivity contribution >= 4 is 5.97 Å². The van der Waals surface area contributed by atoms with Gasteiger partial charge in [-0.2, -0.15) is 0 Å². The van der Waals surface area contributed by atoms with Crippen molar-refractivity contribution in [3.05, 3.63) is 48.6 Å². The van der Waals surface area contributed by atoms with Crippen LogP contribution in [0.1, 0.15) is 71.1 Å². The Morgan fingerprint density at radius 3 is 2.38 bits per heavy atom. The Hall–Kier alpha value is -1.65. The summed E-state index contributed by atoms with van der Waals surface area (Å²) in [7, 11) is 0. The normalized spacial score (nSPS) is 14.9. The van der Waals surface area contributed by atoms with Crippen LogP contribution in [0.15, 0.2) is 48.6 Å². The molecular formula is C22H36O4. The molecule has 0 aromatic rings. The number of rotatable bonds is 16. The average molecular weight is 365 g/mol. The van der Waals surface area contributed by atoms with Gasteiger partial charge in [-0.1, -0.05) is 81.2 Å². The van der Waals surface area contributed by atoms with E-state index in [2.05, 4.69) is 19.1 Å². The first kappa shape index (κ1) is 24.4. The molecule has 0 aromatic carbocycles. The zero-order valence-electron chi connectivity index (χ0n) is 16.1. The van der Waals surface area contributed by atoms with Crippen molar-refractivity contribution in [2.45, 2.75) is 83.3 Å². The molecule has 2 unspecified atom stereocenters. The predicted molar refractivity (Wildman–Crippen MR) is 108 cm³/mol. The molecular weight excluding hydrogens is 328 g/mol. The number of aliphatic hydroxyl groups is 2. The van der Waals surface area contributed by atoms with Gasteiger partial charge in [0.15, 0.2) is 0 Å². The zero-order chi connectivity index (χ0) is 19.5. The van der Waals surface area contributed by atoms with Gasteiger partial charge in [-0.3, -0.25) is 4.79 Å². The highest BCUT2D eigenvalue weighted by Gasteiger charge is 2.11. The number of allylic oxidation sites excluding steroid dienone is 7. The van der Waals surface area contributed by atoms with Crippen LogP contribution in [0.4, 0.5) is 0 Å². The maximum atomic E-state index is 10.4. The standard InChI is InChI=1S/C22H36O4/c1-2-3-14-17-20(23)21(24)18-15-12-10-8-6-4-5-7-9-11-13-16-19-22(25)26/h5-8,10,12,15,18,20-21,23-24H,2-4,9,11,13-14,16-17,19H2,1H3,(H,25,26). The first-order chi connectivity index (χ1) is 12.6. The smallest absolute Gasteiger partial charge is 0.303 e. The van der Waals surface area contributed by atoms with Crippen LogP contribution in [0.2, 0.25) is 0 Å². The second kappa shape index (κ2) is 18.2. The fraction of sp³-hybridized carbons (Fsp3) is 0.591. The van der Waals surface area contributed by atoms with Gasteiger partial charge in [0.1, 0.15) is 0 Å². The van der Waals surface area contributed by atoms with Crippen LogP contribution >= 0.6 is 0 Å². The number of unbranched alkanes of at least 4 members (excludes halogenated alkanes) is 5. The Labute approximate surface area is 158 Å². The molecule has 0 aliphatic heterocycles. The van der Waals surface area contributed by atoms with Gasteiger partial charge in [-0.25, -0.2) is 0 Å². The number of hydrogen-bond acceptors (Lipinski definition) is 3. The molecule has 0 aliphatic carbocycles. The number of aliphatic hydroxyl groups excluding tert-OH is 2. The maximum Gasteiger partial charge on any atom is 0.303 e. The van der Waals surface area contributed by atoms with Gasteiger partial charge in [-0.15, -0.1) is 0 Å². The average Bonchev–Trinajstić information content (AvgIpc) is 2.61. The van der Waals surface area contributed by atoms with Gasteiger partial charge in [0.05, 0.1) is 12.2 Å². The Balaban J connectivity index is 3.71. The van der Waals surface area contributed by atoms with Gasteiger partial charge in [0, 0.05) is 6.42 Å². The second-order valence-corrected chi connectivity index (χ2v) is 6.45. The number of carbonyl (C=O) groups is 1. The molecule has 0 saturated heterocycles. The summed E-state index contributed by atoms with van der Waals surface area (Å²) in [6.07, 6.45) is 22.5. The van der Waals surface area contributed by atoms with Gasteiger partial charge in [-0.05, 0) is 32.1 Å². The van der Waals surface area contributed by atoms with E-state index in [1.165, 1.54) is 0 Å². The molecule has 3 N–H and O–H groups in total. The lowest BCUT2D eigenvalue weighted by Gasteiger charge is -2.13. The summed E-state index contributed by atoms with van der Waals surface area (Å²) in [5.41, 5.74) is 0. The highest BCUT2D eigenvalue weighted by Crippen LogP contribution is 2.08. The van der Waals surface area contributed by atoms with E-state index < -0.39 is 18.2 Å². The third kappa shape index (κ3) is 17.2. The highest BCUT2D eigenvalue weighted by atomic mass is 16.4. The fourth-order valence-corrected chi connectivity index (χ4v) is 2.37. The molecule has 148 valence electrons. The lowest BCUT2D eigenvalue weighted by atomic mass is 10.1. The first-order valence-electron chi connectivity index (χ1n) is 9.80. The van der Waals surface area contributed by atoms with Crippen LogP contribution in [0.5, 0.6) is 0 Å². The second-order valence-electron chi connectivity index (χ2n) is 6.45. The maximum absolute atomic E-state index is 10.4. The van der Waals surface area contributed by atoms with Crippen molar-refractivity contribution in [3.8, 4) is 0 Å². The van der Waals surface area contributed by atoms with Crippen molar-refractivity contribution in [1.82, 2.24) is 0 Å². The molecule has 0 radical (unpaired) electrons. The minimum atomic E-state index is -0.807. The van der Waals surface area contributed by atoms with Crippen molar-refractivity contribution < 1.29 is 20.1 Å². The van der Waals surface area contributed by atoms with Crippen LogP contribution in [-0.4, -0.2) is 33.5 Å². The topological polar surface area (TPSA) is 77.8 Å². The summed E-state index contributed by atoms with van der Waals surface area (Å²) in [5.74, 6) is -0.716. The van der Waals surface area contributed by atoms with Crippen LogP contribution in [0.3, 0.4) is 0 Å². The summed E-state index contributed by atoms with van der Waals surface area (Å²) in [6, 6.07) is 0. The summed E-state index contributed by atoms with van der Waals surface area (Å²) in [4.78, 5) is 10.4. The van der Waals surface area contributed by atoms with E-state index in [0.717, 1.165) is 51.4 Å². The summed E-state index contributed by atoms with van der Waals surface area (Å²) in [5, 5.41) is 28.1.